The van der Waals surface area contributed by atoms with Crippen LogP contribution in [-0.4, -0.2) is 25.8 Å². The minimum atomic E-state index is 0.0431. The smallest absolute Gasteiger partial charge is 0.254 e. The number of H-pyrrole nitrogens is 1. The monoisotopic (exact) mass is 320 g/mol. The van der Waals surface area contributed by atoms with Crippen LogP contribution in [0.3, 0.4) is 0 Å². The van der Waals surface area contributed by atoms with E-state index in [-0.39, 0.29) is 5.91 Å². The van der Waals surface area contributed by atoms with Gasteiger partial charge in [0.05, 0.1) is 12.2 Å². The zero-order chi connectivity index (χ0) is 16.7. The Morgan fingerprint density at radius 2 is 2.17 bits per heavy atom. The Bertz CT molecular complexity index is 913. The van der Waals surface area contributed by atoms with Crippen LogP contribution in [0.1, 0.15) is 41.3 Å². The molecule has 0 unspecified atom stereocenters. The van der Waals surface area contributed by atoms with Crippen LogP contribution in [0, 0.1) is 5.92 Å². The van der Waals surface area contributed by atoms with Crippen molar-refractivity contribution in [2.75, 3.05) is 0 Å². The number of aromatic amines is 1. The molecular formula is C19H20N4O. The van der Waals surface area contributed by atoms with Crippen molar-refractivity contribution in [1.29, 1.82) is 0 Å². The van der Waals surface area contributed by atoms with Crippen LogP contribution in [0.2, 0.25) is 0 Å². The van der Waals surface area contributed by atoms with Gasteiger partial charge in [-0.2, -0.15) is 0 Å². The Labute approximate surface area is 140 Å². The Hall–Kier alpha value is -2.69. The molecule has 5 nitrogen and oxygen atoms in total. The number of fused-ring (bicyclic) bond motifs is 2. The number of nitrogens with zero attached hydrogens (tertiary/aromatic N) is 3. The molecule has 24 heavy (non-hydrogen) atoms. The van der Waals surface area contributed by atoms with E-state index >= 15 is 0 Å². The van der Waals surface area contributed by atoms with Gasteiger partial charge in [0.2, 0.25) is 0 Å². The van der Waals surface area contributed by atoms with E-state index in [1.54, 1.807) is 0 Å². The second-order valence-electron chi connectivity index (χ2n) is 6.80. The number of carbonyl (C=O) groups excluding carboxylic acids is 1. The third kappa shape index (κ3) is 2.66. The number of carbonyl (C=O) groups is 1. The van der Waals surface area contributed by atoms with E-state index in [2.05, 4.69) is 28.8 Å². The van der Waals surface area contributed by atoms with Crippen LogP contribution < -0.4 is 0 Å². The summed E-state index contributed by atoms with van der Waals surface area (Å²) in [4.78, 5) is 26.9. The number of rotatable bonds is 3. The molecule has 0 bridgehead atoms. The van der Waals surface area contributed by atoms with E-state index in [0.29, 0.717) is 24.6 Å². The quantitative estimate of drug-likeness (QED) is 0.805. The van der Waals surface area contributed by atoms with Crippen LogP contribution in [-0.2, 0) is 19.5 Å². The third-order valence-electron chi connectivity index (χ3n) is 4.38. The molecule has 1 amide bonds. The van der Waals surface area contributed by atoms with Gasteiger partial charge >= 0.3 is 0 Å². The van der Waals surface area contributed by atoms with E-state index in [1.807, 2.05) is 41.6 Å². The summed E-state index contributed by atoms with van der Waals surface area (Å²) in [6.45, 7) is 5.46. The molecule has 1 aliphatic rings. The summed E-state index contributed by atoms with van der Waals surface area (Å²) in [5.74, 6) is 1.43. The molecule has 0 fully saturated rings. The maximum absolute atomic E-state index is 12.8. The first-order chi connectivity index (χ1) is 11.6. The fraction of sp³-hybridized carbons (Fsp3) is 0.316. The molecule has 2 aromatic heterocycles. The van der Waals surface area contributed by atoms with Crippen LogP contribution in [0.5, 0.6) is 0 Å². The lowest BCUT2D eigenvalue weighted by molar-refractivity contribution is 0.0750. The third-order valence-corrected chi connectivity index (χ3v) is 4.38. The Morgan fingerprint density at radius 1 is 1.29 bits per heavy atom. The zero-order valence-corrected chi connectivity index (χ0v) is 13.9. The van der Waals surface area contributed by atoms with Gasteiger partial charge in [-0.15, -0.1) is 0 Å². The predicted octanol–water partition coefficient (Wildman–Crippen LogP) is 3.31. The highest BCUT2D eigenvalue weighted by Gasteiger charge is 2.26. The van der Waals surface area contributed by atoms with Crippen molar-refractivity contribution >= 4 is 16.8 Å². The van der Waals surface area contributed by atoms with Gasteiger partial charge in [-0.05, 0) is 30.2 Å². The van der Waals surface area contributed by atoms with Crippen LogP contribution in [0.4, 0.5) is 0 Å². The van der Waals surface area contributed by atoms with Crippen LogP contribution in [0.25, 0.3) is 10.9 Å². The molecule has 0 radical (unpaired) electrons. The fourth-order valence-electron chi connectivity index (χ4n) is 3.17. The van der Waals surface area contributed by atoms with Gasteiger partial charge in [0, 0.05) is 47.4 Å². The van der Waals surface area contributed by atoms with E-state index in [4.69, 9.17) is 0 Å². The summed E-state index contributed by atoms with van der Waals surface area (Å²) in [7, 11) is 0. The van der Waals surface area contributed by atoms with E-state index in [9.17, 15) is 4.79 Å². The molecule has 1 aliphatic heterocycles. The summed E-state index contributed by atoms with van der Waals surface area (Å²) in [5, 5.41) is 1.05. The van der Waals surface area contributed by atoms with Crippen molar-refractivity contribution in [2.45, 2.75) is 33.4 Å². The van der Waals surface area contributed by atoms with Crippen LogP contribution in [0.15, 0.2) is 36.7 Å². The average molecular weight is 320 g/mol. The summed E-state index contributed by atoms with van der Waals surface area (Å²) in [6, 6.07) is 7.74. The van der Waals surface area contributed by atoms with Gasteiger partial charge in [0.15, 0.2) is 0 Å². The van der Waals surface area contributed by atoms with Crippen molar-refractivity contribution in [3.8, 4) is 0 Å². The molecule has 3 heterocycles. The maximum atomic E-state index is 12.8. The Morgan fingerprint density at radius 3 is 3.00 bits per heavy atom. The highest BCUT2D eigenvalue weighted by atomic mass is 16.2. The molecule has 0 aliphatic carbocycles. The number of amides is 1. The molecule has 0 atom stereocenters. The zero-order valence-electron chi connectivity index (χ0n) is 13.9. The molecule has 122 valence electrons. The Kier molecular flexibility index (Phi) is 3.56. The van der Waals surface area contributed by atoms with E-state index < -0.39 is 0 Å². The lowest BCUT2D eigenvalue weighted by Crippen LogP contribution is -2.25. The number of hydrogen-bond acceptors (Lipinski definition) is 3. The van der Waals surface area contributed by atoms with Crippen molar-refractivity contribution in [3.63, 3.8) is 0 Å². The highest BCUT2D eigenvalue weighted by Crippen LogP contribution is 2.24. The summed E-state index contributed by atoms with van der Waals surface area (Å²) >= 11 is 0. The minimum Gasteiger partial charge on any atom is -0.361 e. The molecule has 1 aromatic carbocycles. The first kappa shape index (κ1) is 14.9. The highest BCUT2D eigenvalue weighted by molar-refractivity contribution is 5.98. The summed E-state index contributed by atoms with van der Waals surface area (Å²) < 4.78 is 0. The molecule has 0 spiro atoms. The maximum Gasteiger partial charge on any atom is 0.254 e. The molecule has 5 heteroatoms. The average Bonchev–Trinajstić information content (AvgIpc) is 3.18. The number of nitrogens with one attached hydrogen (secondary N) is 1. The van der Waals surface area contributed by atoms with Gasteiger partial charge in [0.25, 0.3) is 5.91 Å². The lowest BCUT2D eigenvalue weighted by Gasteiger charge is -2.15. The van der Waals surface area contributed by atoms with E-state index in [1.165, 1.54) is 0 Å². The van der Waals surface area contributed by atoms with Crippen molar-refractivity contribution < 1.29 is 4.79 Å². The number of hydrogen-bond donors (Lipinski definition) is 1. The second kappa shape index (κ2) is 5.74. The Balaban J connectivity index is 1.56. The number of aromatic nitrogens is 3. The molecular weight excluding hydrogens is 300 g/mol. The normalized spacial score (nSPS) is 13.7. The fourth-order valence-corrected chi connectivity index (χ4v) is 3.17. The first-order valence-electron chi connectivity index (χ1n) is 8.30. The van der Waals surface area contributed by atoms with Gasteiger partial charge < -0.3 is 9.88 Å². The second-order valence-corrected chi connectivity index (χ2v) is 6.80. The van der Waals surface area contributed by atoms with Crippen molar-refractivity contribution in [2.24, 2.45) is 5.92 Å². The lowest BCUT2D eigenvalue weighted by atomic mass is 10.1. The topological polar surface area (TPSA) is 61.9 Å². The summed E-state index contributed by atoms with van der Waals surface area (Å²) in [5.41, 5.74) is 3.79. The standard InChI is InChI=1S/C19H20N4O/c1-12(2)7-18-21-9-15-10-23(11-17(15)22-18)19(24)14-3-4-16-13(8-14)5-6-20-16/h3-6,8-9,12,20H,7,10-11H2,1-2H3. The minimum absolute atomic E-state index is 0.0431. The van der Waals surface area contributed by atoms with Gasteiger partial charge in [-0.25, -0.2) is 9.97 Å². The van der Waals surface area contributed by atoms with Gasteiger partial charge in [-0.3, -0.25) is 4.79 Å². The predicted molar refractivity (Wildman–Crippen MR) is 92.5 cm³/mol. The van der Waals surface area contributed by atoms with Gasteiger partial charge in [0.1, 0.15) is 5.82 Å². The molecule has 1 N–H and O–H groups in total. The van der Waals surface area contributed by atoms with Crippen molar-refractivity contribution in [1.82, 2.24) is 19.9 Å². The summed E-state index contributed by atoms with van der Waals surface area (Å²) in [6.07, 6.45) is 4.63. The van der Waals surface area contributed by atoms with Gasteiger partial charge in [-0.1, -0.05) is 13.8 Å². The largest absolute Gasteiger partial charge is 0.361 e. The molecule has 4 rings (SSSR count). The van der Waals surface area contributed by atoms with E-state index in [0.717, 1.165) is 34.4 Å². The molecule has 0 saturated heterocycles. The first-order valence-corrected chi connectivity index (χ1v) is 8.30. The molecule has 0 saturated carbocycles. The van der Waals surface area contributed by atoms with Crippen molar-refractivity contribution in [3.05, 3.63) is 59.3 Å². The molecule has 3 aromatic rings. The van der Waals surface area contributed by atoms with Crippen LogP contribution >= 0.6 is 0 Å². The SMILES string of the molecule is CC(C)Cc1ncc2c(n1)CN(C(=O)c1ccc3[nH]ccc3c1)C2. The number of benzene rings is 1.